The predicted molar refractivity (Wildman–Crippen MR) is 111 cm³/mol. The van der Waals surface area contributed by atoms with E-state index in [1.165, 1.54) is 0 Å². The minimum atomic E-state index is -0.0291. The molecule has 150 valence electrons. The second kappa shape index (κ2) is 8.91. The zero-order valence-corrected chi connectivity index (χ0v) is 17.2. The molecule has 1 aromatic carbocycles. The highest BCUT2D eigenvalue weighted by Gasteiger charge is 2.25. The van der Waals surface area contributed by atoms with Gasteiger partial charge in [0, 0.05) is 45.0 Å². The van der Waals surface area contributed by atoms with E-state index < -0.39 is 0 Å². The molecule has 2 heterocycles. The summed E-state index contributed by atoms with van der Waals surface area (Å²) in [6, 6.07) is 9.77. The van der Waals surface area contributed by atoms with E-state index >= 15 is 0 Å². The Bertz CT molecular complexity index is 814. The van der Waals surface area contributed by atoms with Crippen molar-refractivity contribution in [3.8, 4) is 5.75 Å². The Labute approximate surface area is 166 Å². The molecule has 1 fully saturated rings. The Hall–Kier alpha value is -2.83. The lowest BCUT2D eigenvalue weighted by atomic mass is 10.2. The molecule has 1 saturated heterocycles. The van der Waals surface area contributed by atoms with Crippen molar-refractivity contribution in [2.45, 2.75) is 20.8 Å². The molecular formula is C21H29N5O2. The smallest absolute Gasteiger partial charge is 0.272 e. The number of para-hydroxylation sites is 2. The summed E-state index contributed by atoms with van der Waals surface area (Å²) in [5.74, 6) is 1.46. The van der Waals surface area contributed by atoms with Gasteiger partial charge in [-0.1, -0.05) is 12.1 Å². The van der Waals surface area contributed by atoms with Gasteiger partial charge in [0.1, 0.15) is 11.4 Å². The molecule has 1 aliphatic rings. The van der Waals surface area contributed by atoms with E-state index in [1.807, 2.05) is 30.0 Å². The monoisotopic (exact) mass is 383 g/mol. The molecule has 0 bridgehead atoms. The van der Waals surface area contributed by atoms with Gasteiger partial charge in [-0.15, -0.1) is 0 Å². The van der Waals surface area contributed by atoms with Gasteiger partial charge in [-0.05, 0) is 39.0 Å². The van der Waals surface area contributed by atoms with Crippen LogP contribution in [0.25, 0.3) is 0 Å². The second-order valence-electron chi connectivity index (χ2n) is 6.82. The molecule has 7 nitrogen and oxygen atoms in total. The molecular weight excluding hydrogens is 354 g/mol. The number of aryl methyl sites for hydroxylation is 1. The van der Waals surface area contributed by atoms with Gasteiger partial charge < -0.3 is 19.4 Å². The van der Waals surface area contributed by atoms with Gasteiger partial charge in [0.2, 0.25) is 5.95 Å². The van der Waals surface area contributed by atoms with E-state index in [-0.39, 0.29) is 5.91 Å². The van der Waals surface area contributed by atoms with Gasteiger partial charge in [-0.2, -0.15) is 0 Å². The van der Waals surface area contributed by atoms with Crippen molar-refractivity contribution in [1.82, 2.24) is 14.9 Å². The highest BCUT2D eigenvalue weighted by atomic mass is 16.5. The first-order chi connectivity index (χ1) is 13.6. The maximum absolute atomic E-state index is 13.0. The first-order valence-electron chi connectivity index (χ1n) is 9.85. The third-order valence-electron chi connectivity index (χ3n) is 5.10. The van der Waals surface area contributed by atoms with E-state index in [1.54, 1.807) is 13.2 Å². The summed E-state index contributed by atoms with van der Waals surface area (Å²) in [5, 5.41) is 0. The van der Waals surface area contributed by atoms with Crippen LogP contribution in [0.1, 0.15) is 30.0 Å². The number of rotatable bonds is 6. The largest absolute Gasteiger partial charge is 0.495 e. The van der Waals surface area contributed by atoms with Crippen molar-refractivity contribution in [3.05, 3.63) is 41.7 Å². The van der Waals surface area contributed by atoms with Gasteiger partial charge in [0.15, 0.2) is 0 Å². The molecule has 0 saturated carbocycles. The molecule has 2 aromatic rings. The molecule has 0 atom stereocenters. The number of nitrogens with zero attached hydrogens (tertiary/aromatic N) is 5. The number of carbonyl (C=O) groups is 1. The van der Waals surface area contributed by atoms with Crippen LogP contribution in [0.2, 0.25) is 0 Å². The normalized spacial score (nSPS) is 14.1. The molecule has 28 heavy (non-hydrogen) atoms. The lowest BCUT2D eigenvalue weighted by Crippen LogP contribution is -2.49. The SMILES string of the molecule is CCN(CC)c1nc(C)cc(C(=O)N2CCN(c3ccccc3OC)CC2)n1. The Morgan fingerprint density at radius 1 is 1.11 bits per heavy atom. The van der Waals surface area contributed by atoms with Crippen LogP contribution in [0.15, 0.2) is 30.3 Å². The van der Waals surface area contributed by atoms with E-state index in [9.17, 15) is 4.79 Å². The number of ether oxygens (including phenoxy) is 1. The van der Waals surface area contributed by atoms with Crippen molar-refractivity contribution in [3.63, 3.8) is 0 Å². The van der Waals surface area contributed by atoms with Crippen LogP contribution >= 0.6 is 0 Å². The van der Waals surface area contributed by atoms with Crippen molar-refractivity contribution >= 4 is 17.5 Å². The van der Waals surface area contributed by atoms with E-state index in [0.29, 0.717) is 24.7 Å². The van der Waals surface area contributed by atoms with Crippen LogP contribution in [0.5, 0.6) is 5.75 Å². The lowest BCUT2D eigenvalue weighted by molar-refractivity contribution is 0.0740. The molecule has 1 aliphatic heterocycles. The summed E-state index contributed by atoms with van der Waals surface area (Å²) in [6.07, 6.45) is 0. The van der Waals surface area contributed by atoms with E-state index in [0.717, 1.165) is 43.3 Å². The van der Waals surface area contributed by atoms with Crippen molar-refractivity contribution in [2.24, 2.45) is 0 Å². The van der Waals surface area contributed by atoms with E-state index in [2.05, 4.69) is 39.7 Å². The number of amides is 1. The average Bonchev–Trinajstić information content (AvgIpc) is 2.74. The molecule has 1 aromatic heterocycles. The number of hydrogen-bond donors (Lipinski definition) is 0. The molecule has 0 spiro atoms. The average molecular weight is 383 g/mol. The zero-order chi connectivity index (χ0) is 20.1. The molecule has 1 amide bonds. The van der Waals surface area contributed by atoms with Gasteiger partial charge >= 0.3 is 0 Å². The third kappa shape index (κ3) is 4.18. The highest BCUT2D eigenvalue weighted by molar-refractivity contribution is 5.93. The summed E-state index contributed by atoms with van der Waals surface area (Å²) in [5.41, 5.74) is 2.35. The van der Waals surface area contributed by atoms with Crippen LogP contribution in [-0.2, 0) is 0 Å². The third-order valence-corrected chi connectivity index (χ3v) is 5.10. The topological polar surface area (TPSA) is 61.8 Å². The summed E-state index contributed by atoms with van der Waals surface area (Å²) in [6.45, 7) is 10.5. The first kappa shape index (κ1) is 19.9. The maximum Gasteiger partial charge on any atom is 0.272 e. The molecule has 0 unspecified atom stereocenters. The van der Waals surface area contributed by atoms with Crippen LogP contribution in [0.3, 0.4) is 0 Å². The van der Waals surface area contributed by atoms with Crippen molar-refractivity contribution < 1.29 is 9.53 Å². The molecule has 0 radical (unpaired) electrons. The van der Waals surface area contributed by atoms with Crippen LogP contribution in [0, 0.1) is 6.92 Å². The zero-order valence-electron chi connectivity index (χ0n) is 17.2. The second-order valence-corrected chi connectivity index (χ2v) is 6.82. The number of piperazine rings is 1. The number of methoxy groups -OCH3 is 1. The number of benzene rings is 1. The number of aromatic nitrogens is 2. The predicted octanol–water partition coefficient (Wildman–Crippen LogP) is 2.60. The summed E-state index contributed by atoms with van der Waals surface area (Å²) < 4.78 is 5.47. The lowest BCUT2D eigenvalue weighted by Gasteiger charge is -2.36. The fourth-order valence-electron chi connectivity index (χ4n) is 3.51. The minimum Gasteiger partial charge on any atom is -0.495 e. The Kier molecular flexibility index (Phi) is 6.34. The van der Waals surface area contributed by atoms with Gasteiger partial charge in [-0.3, -0.25) is 4.79 Å². The van der Waals surface area contributed by atoms with Crippen molar-refractivity contribution in [1.29, 1.82) is 0 Å². The molecule has 0 aliphatic carbocycles. The number of anilines is 2. The van der Waals surface area contributed by atoms with Crippen LogP contribution < -0.4 is 14.5 Å². The maximum atomic E-state index is 13.0. The highest BCUT2D eigenvalue weighted by Crippen LogP contribution is 2.28. The number of carbonyl (C=O) groups excluding carboxylic acids is 1. The fourth-order valence-corrected chi connectivity index (χ4v) is 3.51. The molecule has 7 heteroatoms. The summed E-state index contributed by atoms with van der Waals surface area (Å²) in [7, 11) is 1.68. The van der Waals surface area contributed by atoms with Crippen LogP contribution in [-0.4, -0.2) is 67.2 Å². The van der Waals surface area contributed by atoms with Gasteiger partial charge in [0.25, 0.3) is 5.91 Å². The van der Waals surface area contributed by atoms with Crippen molar-refractivity contribution in [2.75, 3.05) is 56.2 Å². The summed E-state index contributed by atoms with van der Waals surface area (Å²) in [4.78, 5) is 28.3. The standard InChI is InChI=1S/C21H29N5O2/c1-5-24(6-2)21-22-16(3)15-17(23-21)20(27)26-13-11-25(12-14-26)18-9-7-8-10-19(18)28-4/h7-10,15H,5-6,11-14H2,1-4H3. The molecule has 3 rings (SSSR count). The molecule has 0 N–H and O–H groups in total. The quantitative estimate of drug-likeness (QED) is 0.764. The van der Waals surface area contributed by atoms with Crippen LogP contribution in [0.4, 0.5) is 11.6 Å². The van der Waals surface area contributed by atoms with E-state index in [4.69, 9.17) is 4.74 Å². The Balaban J connectivity index is 1.72. The fraction of sp³-hybridized carbons (Fsp3) is 0.476. The first-order valence-corrected chi connectivity index (χ1v) is 9.85. The van der Waals surface area contributed by atoms with Gasteiger partial charge in [0.05, 0.1) is 12.8 Å². The Morgan fingerprint density at radius 3 is 2.43 bits per heavy atom. The Morgan fingerprint density at radius 2 is 1.79 bits per heavy atom. The summed E-state index contributed by atoms with van der Waals surface area (Å²) >= 11 is 0. The number of hydrogen-bond acceptors (Lipinski definition) is 6. The minimum absolute atomic E-state index is 0.0291. The van der Waals surface area contributed by atoms with Gasteiger partial charge in [-0.25, -0.2) is 9.97 Å².